The van der Waals surface area contributed by atoms with Gasteiger partial charge in [-0.15, -0.1) is 0 Å². The third-order valence-electron chi connectivity index (χ3n) is 4.38. The van der Waals surface area contributed by atoms with Crippen LogP contribution in [0, 0.1) is 5.82 Å². The molecule has 1 aliphatic rings. The minimum atomic E-state index is -0.483. The van der Waals surface area contributed by atoms with Crippen LogP contribution < -0.4 is 10.1 Å². The number of carbonyl (C=O) groups excluding carboxylic acids is 1. The molecular formula is C18H16ClFN4O2. The number of rotatable bonds is 4. The van der Waals surface area contributed by atoms with Crippen molar-refractivity contribution in [2.45, 2.75) is 31.8 Å². The minimum Gasteiger partial charge on any atom is -0.488 e. The first-order valence-electron chi connectivity index (χ1n) is 8.33. The summed E-state index contributed by atoms with van der Waals surface area (Å²) in [5.74, 6) is 0.962. The van der Waals surface area contributed by atoms with Gasteiger partial charge in [0.05, 0.1) is 11.1 Å². The van der Waals surface area contributed by atoms with E-state index < -0.39 is 5.82 Å². The van der Waals surface area contributed by atoms with E-state index in [4.69, 9.17) is 16.3 Å². The maximum Gasteiger partial charge on any atom is 0.162 e. The summed E-state index contributed by atoms with van der Waals surface area (Å²) >= 11 is 5.84. The number of nitrogens with one attached hydrogen (secondary N) is 1. The molecular weight excluding hydrogens is 359 g/mol. The van der Waals surface area contributed by atoms with Crippen molar-refractivity contribution < 1.29 is 13.9 Å². The van der Waals surface area contributed by atoms with Crippen molar-refractivity contribution in [3.05, 3.63) is 47.6 Å². The highest BCUT2D eigenvalue weighted by molar-refractivity contribution is 6.31. The van der Waals surface area contributed by atoms with Gasteiger partial charge in [-0.3, -0.25) is 4.79 Å². The van der Waals surface area contributed by atoms with Gasteiger partial charge in [-0.1, -0.05) is 11.6 Å². The average Bonchev–Trinajstić information content (AvgIpc) is 3.04. The lowest BCUT2D eigenvalue weighted by molar-refractivity contribution is -0.121. The highest BCUT2D eigenvalue weighted by atomic mass is 35.5. The van der Waals surface area contributed by atoms with Gasteiger partial charge < -0.3 is 10.1 Å². The number of fused-ring (bicyclic) bond motifs is 1. The number of ether oxygens (including phenoxy) is 1. The summed E-state index contributed by atoms with van der Waals surface area (Å²) in [5, 5.41) is 7.34. The lowest BCUT2D eigenvalue weighted by Gasteiger charge is -2.22. The first-order valence-corrected chi connectivity index (χ1v) is 8.71. The monoisotopic (exact) mass is 374 g/mol. The first kappa shape index (κ1) is 16.8. The van der Waals surface area contributed by atoms with Crippen molar-refractivity contribution in [3.63, 3.8) is 0 Å². The average molecular weight is 375 g/mol. The van der Waals surface area contributed by atoms with E-state index in [1.54, 1.807) is 16.8 Å². The lowest BCUT2D eigenvalue weighted by atomic mass is 9.96. The summed E-state index contributed by atoms with van der Waals surface area (Å²) in [7, 11) is 0. The van der Waals surface area contributed by atoms with E-state index in [2.05, 4.69) is 15.4 Å². The number of nitrogens with zero attached hydrogens (tertiary/aromatic N) is 3. The number of aromatic nitrogens is 3. The van der Waals surface area contributed by atoms with Crippen molar-refractivity contribution in [2.75, 3.05) is 5.32 Å². The van der Waals surface area contributed by atoms with Gasteiger partial charge in [-0.2, -0.15) is 5.10 Å². The molecule has 8 heteroatoms. The van der Waals surface area contributed by atoms with Gasteiger partial charge in [0, 0.05) is 30.8 Å². The molecule has 0 atom stereocenters. The number of hydrogen-bond donors (Lipinski definition) is 1. The molecule has 0 unspecified atom stereocenters. The number of halogens is 2. The third-order valence-corrected chi connectivity index (χ3v) is 4.67. The van der Waals surface area contributed by atoms with Crippen LogP contribution >= 0.6 is 11.6 Å². The number of Topliss-reactive ketones (excluding diaryl/α,β-unsaturated/α-hetero) is 1. The Labute approximate surface area is 153 Å². The Morgan fingerprint density at radius 3 is 2.85 bits per heavy atom. The van der Waals surface area contributed by atoms with Crippen molar-refractivity contribution in [1.29, 1.82) is 0 Å². The number of hydrogen-bond acceptors (Lipinski definition) is 5. The van der Waals surface area contributed by atoms with Gasteiger partial charge in [-0.25, -0.2) is 13.9 Å². The van der Waals surface area contributed by atoms with Crippen LogP contribution in [0.3, 0.4) is 0 Å². The molecule has 6 nitrogen and oxygen atoms in total. The van der Waals surface area contributed by atoms with Crippen LogP contribution in [0.1, 0.15) is 25.7 Å². The normalized spacial score (nSPS) is 15.4. The molecule has 4 rings (SSSR count). The van der Waals surface area contributed by atoms with E-state index >= 15 is 0 Å². The number of ketones is 1. The minimum absolute atomic E-state index is 0.00720. The third kappa shape index (κ3) is 3.35. The predicted octanol–water partition coefficient (Wildman–Crippen LogP) is 4.16. The number of carbonyl (C=O) groups is 1. The van der Waals surface area contributed by atoms with Crippen molar-refractivity contribution >= 4 is 34.4 Å². The van der Waals surface area contributed by atoms with Crippen LogP contribution in [0.4, 0.5) is 15.9 Å². The quantitative estimate of drug-likeness (QED) is 0.742. The SMILES string of the molecule is O=C1CCC(Oc2ccn3ncnc(Nc4ccc(F)c(Cl)c4)c23)CC1. The zero-order valence-corrected chi connectivity index (χ0v) is 14.5. The second-order valence-electron chi connectivity index (χ2n) is 6.19. The molecule has 1 aromatic carbocycles. The molecule has 0 bridgehead atoms. The molecule has 3 aromatic rings. The molecule has 0 aliphatic heterocycles. The zero-order chi connectivity index (χ0) is 18.1. The molecule has 134 valence electrons. The number of benzene rings is 1. The molecule has 1 N–H and O–H groups in total. The van der Waals surface area contributed by atoms with Crippen LogP contribution in [0.15, 0.2) is 36.8 Å². The van der Waals surface area contributed by atoms with Gasteiger partial charge in [0.2, 0.25) is 0 Å². The van der Waals surface area contributed by atoms with Gasteiger partial charge >= 0.3 is 0 Å². The van der Waals surface area contributed by atoms with Crippen LogP contribution in [0.2, 0.25) is 5.02 Å². The molecule has 26 heavy (non-hydrogen) atoms. The van der Waals surface area contributed by atoms with E-state index in [0.29, 0.717) is 48.5 Å². The Morgan fingerprint density at radius 2 is 2.08 bits per heavy atom. The maximum absolute atomic E-state index is 13.4. The molecule has 0 radical (unpaired) electrons. The van der Waals surface area contributed by atoms with Crippen LogP contribution in [-0.4, -0.2) is 26.5 Å². The number of anilines is 2. The van der Waals surface area contributed by atoms with Crippen molar-refractivity contribution in [2.24, 2.45) is 0 Å². The van der Waals surface area contributed by atoms with E-state index in [1.165, 1.54) is 18.5 Å². The van der Waals surface area contributed by atoms with Gasteiger partial charge in [0.1, 0.15) is 23.4 Å². The van der Waals surface area contributed by atoms with E-state index in [0.717, 1.165) is 0 Å². The predicted molar refractivity (Wildman–Crippen MR) is 95.6 cm³/mol. The summed E-state index contributed by atoms with van der Waals surface area (Å²) in [6.07, 6.45) is 5.71. The molecule has 2 aromatic heterocycles. The molecule has 0 amide bonds. The zero-order valence-electron chi connectivity index (χ0n) is 13.8. The maximum atomic E-state index is 13.4. The molecule has 0 spiro atoms. The smallest absolute Gasteiger partial charge is 0.162 e. The fourth-order valence-electron chi connectivity index (χ4n) is 3.03. The molecule has 1 aliphatic carbocycles. The van der Waals surface area contributed by atoms with Crippen molar-refractivity contribution in [1.82, 2.24) is 14.6 Å². The van der Waals surface area contributed by atoms with Crippen molar-refractivity contribution in [3.8, 4) is 5.75 Å². The van der Waals surface area contributed by atoms with Crippen LogP contribution in [-0.2, 0) is 4.79 Å². The summed E-state index contributed by atoms with van der Waals surface area (Å²) < 4.78 is 21.1. The topological polar surface area (TPSA) is 68.5 Å². The Balaban J connectivity index is 1.63. The fourth-order valence-corrected chi connectivity index (χ4v) is 3.21. The van der Waals surface area contributed by atoms with E-state index in [9.17, 15) is 9.18 Å². The summed E-state index contributed by atoms with van der Waals surface area (Å²) in [4.78, 5) is 15.7. The standard InChI is InChI=1S/C18H16ClFN4O2/c19-14-9-11(1-6-15(14)20)23-18-17-16(7-8-24(17)22-10-21-18)26-13-4-2-12(25)3-5-13/h1,6-10,13H,2-5H2,(H,21,22,23). The second-order valence-corrected chi connectivity index (χ2v) is 6.60. The highest BCUT2D eigenvalue weighted by Gasteiger charge is 2.22. The highest BCUT2D eigenvalue weighted by Crippen LogP contribution is 2.31. The van der Waals surface area contributed by atoms with Gasteiger partial charge in [0.25, 0.3) is 0 Å². The fraction of sp³-hybridized carbons (Fsp3) is 0.278. The Kier molecular flexibility index (Phi) is 4.46. The largest absolute Gasteiger partial charge is 0.488 e. The second kappa shape index (κ2) is 6.92. The Bertz CT molecular complexity index is 965. The molecule has 0 saturated heterocycles. The molecule has 1 fully saturated rings. The summed E-state index contributed by atoms with van der Waals surface area (Å²) in [5.41, 5.74) is 1.28. The van der Waals surface area contributed by atoms with Crippen LogP contribution in [0.25, 0.3) is 5.52 Å². The van der Waals surface area contributed by atoms with Crippen LogP contribution in [0.5, 0.6) is 5.75 Å². The van der Waals surface area contributed by atoms with Gasteiger partial charge in [0.15, 0.2) is 11.6 Å². The summed E-state index contributed by atoms with van der Waals surface area (Å²) in [6.45, 7) is 0. The molecule has 1 saturated carbocycles. The van der Waals surface area contributed by atoms with E-state index in [-0.39, 0.29) is 16.9 Å². The van der Waals surface area contributed by atoms with Gasteiger partial charge in [-0.05, 0) is 31.0 Å². The lowest BCUT2D eigenvalue weighted by Crippen LogP contribution is -2.24. The first-order chi connectivity index (χ1) is 12.6. The summed E-state index contributed by atoms with van der Waals surface area (Å²) in [6, 6.07) is 6.18. The molecule has 2 heterocycles. The Hall–Kier alpha value is -2.67. The van der Waals surface area contributed by atoms with E-state index in [1.807, 2.05) is 6.07 Å². The Morgan fingerprint density at radius 1 is 1.27 bits per heavy atom.